The van der Waals surface area contributed by atoms with Crippen molar-refractivity contribution in [2.75, 3.05) is 0 Å². The van der Waals surface area contributed by atoms with Crippen LogP contribution < -0.4 is 5.36 Å². The van der Waals surface area contributed by atoms with Crippen LogP contribution in [0.15, 0.2) is 77.6 Å². The first-order valence-corrected chi connectivity index (χ1v) is 8.51. The molecule has 2 aromatic carbocycles. The third-order valence-electron chi connectivity index (χ3n) is 4.16. The summed E-state index contributed by atoms with van der Waals surface area (Å²) in [7, 11) is 0. The highest BCUT2D eigenvalue weighted by molar-refractivity contribution is 6.31. The summed E-state index contributed by atoms with van der Waals surface area (Å²) in [5.41, 5.74) is 4.13. The van der Waals surface area contributed by atoms with Crippen LogP contribution in [0.25, 0.3) is 16.6 Å². The minimum Gasteiger partial charge on any atom is -0.361 e. The first-order valence-electron chi connectivity index (χ1n) is 8.14. The maximum atomic E-state index is 6.04. The number of nitrogens with zero attached hydrogens (tertiary/aromatic N) is 4. The highest BCUT2D eigenvalue weighted by Crippen LogP contribution is 2.15. The van der Waals surface area contributed by atoms with E-state index in [1.54, 1.807) is 18.7 Å². The van der Waals surface area contributed by atoms with E-state index in [1.165, 1.54) is 0 Å². The van der Waals surface area contributed by atoms with Crippen LogP contribution in [0.1, 0.15) is 11.1 Å². The van der Waals surface area contributed by atoms with Crippen molar-refractivity contribution in [3.8, 4) is 5.69 Å². The van der Waals surface area contributed by atoms with E-state index in [0.717, 1.165) is 33.1 Å². The van der Waals surface area contributed by atoms with E-state index in [2.05, 4.69) is 33.2 Å². The molecule has 0 radical (unpaired) electrons. The van der Waals surface area contributed by atoms with Gasteiger partial charge in [0, 0.05) is 40.2 Å². The SMILES string of the molecule is Cc1cc(-n2ccnc2)ccc1/C=N/N=c1\cc[nH]c2cc(Cl)ccc12. The standard InChI is InChI=1S/C20H16ClN5/c1-14-10-17(26-9-8-22-13-26)4-2-15(14)12-24-25-19-6-7-23-20-11-16(21)3-5-18(19)20/h2-13H,1H3,(H,23,25)/b24-12+. The van der Waals surface area contributed by atoms with Gasteiger partial charge in [-0.05, 0) is 54.4 Å². The molecular formula is C20H16ClN5. The maximum absolute atomic E-state index is 6.04. The molecule has 0 saturated carbocycles. The Bertz CT molecular complexity index is 1160. The molecule has 0 saturated heterocycles. The summed E-state index contributed by atoms with van der Waals surface area (Å²) in [6.45, 7) is 2.05. The molecule has 0 atom stereocenters. The summed E-state index contributed by atoms with van der Waals surface area (Å²) in [6, 6.07) is 13.7. The molecule has 2 aromatic heterocycles. The Labute approximate surface area is 155 Å². The number of aryl methyl sites for hydroxylation is 1. The minimum absolute atomic E-state index is 0.683. The largest absolute Gasteiger partial charge is 0.361 e. The molecule has 0 aliphatic carbocycles. The second-order valence-electron chi connectivity index (χ2n) is 5.91. The van der Waals surface area contributed by atoms with Gasteiger partial charge in [-0.1, -0.05) is 17.7 Å². The van der Waals surface area contributed by atoms with Crippen LogP contribution in [0.5, 0.6) is 0 Å². The summed E-state index contributed by atoms with van der Waals surface area (Å²) in [5.74, 6) is 0. The fraction of sp³-hybridized carbons (Fsp3) is 0.0500. The maximum Gasteiger partial charge on any atom is 0.0991 e. The molecule has 128 valence electrons. The van der Waals surface area contributed by atoms with Gasteiger partial charge in [0.15, 0.2) is 0 Å². The number of nitrogens with one attached hydrogen (secondary N) is 1. The Morgan fingerprint density at radius 3 is 2.88 bits per heavy atom. The molecule has 0 unspecified atom stereocenters. The van der Waals surface area contributed by atoms with Crippen molar-refractivity contribution in [3.63, 3.8) is 0 Å². The number of H-pyrrole nitrogens is 1. The van der Waals surface area contributed by atoms with Crippen molar-refractivity contribution in [2.24, 2.45) is 10.2 Å². The van der Waals surface area contributed by atoms with Crippen molar-refractivity contribution in [2.45, 2.75) is 6.92 Å². The Morgan fingerprint density at radius 1 is 1.15 bits per heavy atom. The molecule has 0 amide bonds. The molecule has 0 fully saturated rings. The number of halogens is 1. The van der Waals surface area contributed by atoms with Gasteiger partial charge in [-0.3, -0.25) is 0 Å². The van der Waals surface area contributed by atoms with Gasteiger partial charge in [-0.25, -0.2) is 4.98 Å². The highest BCUT2D eigenvalue weighted by Gasteiger charge is 2.00. The number of aromatic nitrogens is 3. The van der Waals surface area contributed by atoms with Gasteiger partial charge in [-0.2, -0.15) is 10.2 Å². The van der Waals surface area contributed by atoms with E-state index in [9.17, 15) is 0 Å². The Morgan fingerprint density at radius 2 is 2.08 bits per heavy atom. The van der Waals surface area contributed by atoms with E-state index in [0.29, 0.717) is 5.02 Å². The lowest BCUT2D eigenvalue weighted by molar-refractivity contribution is 1.05. The van der Waals surface area contributed by atoms with Crippen molar-refractivity contribution in [1.82, 2.24) is 14.5 Å². The molecule has 0 aliphatic rings. The van der Waals surface area contributed by atoms with E-state index < -0.39 is 0 Å². The molecule has 0 bridgehead atoms. The van der Waals surface area contributed by atoms with E-state index >= 15 is 0 Å². The van der Waals surface area contributed by atoms with Crippen LogP contribution in [0, 0.1) is 6.92 Å². The van der Waals surface area contributed by atoms with Crippen molar-refractivity contribution >= 4 is 28.7 Å². The fourth-order valence-corrected chi connectivity index (χ4v) is 2.95. The quantitative estimate of drug-likeness (QED) is 0.430. The number of fused-ring (bicyclic) bond motifs is 1. The molecule has 5 nitrogen and oxygen atoms in total. The third kappa shape index (κ3) is 3.30. The summed E-state index contributed by atoms with van der Waals surface area (Å²) in [4.78, 5) is 7.24. The number of pyridine rings is 1. The highest BCUT2D eigenvalue weighted by atomic mass is 35.5. The molecule has 1 N–H and O–H groups in total. The summed E-state index contributed by atoms with van der Waals surface area (Å²) < 4.78 is 1.97. The molecule has 2 heterocycles. The Hall–Kier alpha value is -3.18. The van der Waals surface area contributed by atoms with Gasteiger partial charge < -0.3 is 9.55 Å². The lowest BCUT2D eigenvalue weighted by Crippen LogP contribution is -2.02. The van der Waals surface area contributed by atoms with E-state index in [1.807, 2.05) is 53.4 Å². The third-order valence-corrected chi connectivity index (χ3v) is 4.39. The second-order valence-corrected chi connectivity index (χ2v) is 6.34. The van der Waals surface area contributed by atoms with Crippen LogP contribution in [-0.4, -0.2) is 20.7 Å². The second kappa shape index (κ2) is 6.98. The average molecular weight is 362 g/mol. The molecule has 0 spiro atoms. The number of rotatable bonds is 3. The summed E-state index contributed by atoms with van der Waals surface area (Å²) in [6.07, 6.45) is 9.06. The lowest BCUT2D eigenvalue weighted by Gasteiger charge is -2.05. The number of hydrogen-bond acceptors (Lipinski definition) is 3. The minimum atomic E-state index is 0.683. The fourth-order valence-electron chi connectivity index (χ4n) is 2.78. The Kier molecular flexibility index (Phi) is 4.37. The number of benzene rings is 2. The topological polar surface area (TPSA) is 58.3 Å². The average Bonchev–Trinajstić information content (AvgIpc) is 3.17. The number of hydrogen-bond donors (Lipinski definition) is 1. The Balaban J connectivity index is 1.66. The van der Waals surface area contributed by atoms with Crippen molar-refractivity contribution < 1.29 is 0 Å². The zero-order valence-corrected chi connectivity index (χ0v) is 14.9. The molecular weight excluding hydrogens is 346 g/mol. The lowest BCUT2D eigenvalue weighted by atomic mass is 10.1. The van der Waals surface area contributed by atoms with Crippen LogP contribution in [-0.2, 0) is 0 Å². The van der Waals surface area contributed by atoms with Gasteiger partial charge in [0.05, 0.1) is 17.9 Å². The molecule has 4 aromatic rings. The zero-order valence-electron chi connectivity index (χ0n) is 14.1. The first kappa shape index (κ1) is 16.3. The van der Waals surface area contributed by atoms with Gasteiger partial charge in [0.2, 0.25) is 0 Å². The monoisotopic (exact) mass is 361 g/mol. The number of aromatic amines is 1. The van der Waals surface area contributed by atoms with Crippen molar-refractivity contribution in [3.05, 3.63) is 88.9 Å². The predicted octanol–water partition coefficient (Wildman–Crippen LogP) is 4.25. The molecule has 0 aliphatic heterocycles. The van der Waals surface area contributed by atoms with Gasteiger partial charge in [0.1, 0.15) is 0 Å². The van der Waals surface area contributed by atoms with Gasteiger partial charge in [-0.15, -0.1) is 0 Å². The summed E-state index contributed by atoms with van der Waals surface area (Å²) in [5, 5.41) is 11.1. The normalized spacial score (nSPS) is 12.3. The van der Waals surface area contributed by atoms with Gasteiger partial charge >= 0.3 is 0 Å². The number of imidazole rings is 1. The van der Waals surface area contributed by atoms with Crippen LogP contribution in [0.3, 0.4) is 0 Å². The van der Waals surface area contributed by atoms with Gasteiger partial charge in [0.25, 0.3) is 0 Å². The smallest absolute Gasteiger partial charge is 0.0991 e. The van der Waals surface area contributed by atoms with Crippen LogP contribution in [0.4, 0.5) is 0 Å². The van der Waals surface area contributed by atoms with Crippen molar-refractivity contribution in [1.29, 1.82) is 0 Å². The first-order chi connectivity index (χ1) is 12.7. The molecule has 26 heavy (non-hydrogen) atoms. The molecule has 6 heteroatoms. The van der Waals surface area contributed by atoms with E-state index in [4.69, 9.17) is 11.6 Å². The zero-order chi connectivity index (χ0) is 17.9. The summed E-state index contributed by atoms with van der Waals surface area (Å²) >= 11 is 6.04. The molecule has 4 rings (SSSR count). The van der Waals surface area contributed by atoms with Crippen LogP contribution >= 0.6 is 11.6 Å². The van der Waals surface area contributed by atoms with E-state index in [-0.39, 0.29) is 0 Å². The van der Waals surface area contributed by atoms with Crippen LogP contribution in [0.2, 0.25) is 5.02 Å². The predicted molar refractivity (Wildman–Crippen MR) is 105 cm³/mol.